The molecule has 3 aromatic rings. The van der Waals surface area contributed by atoms with Gasteiger partial charge in [-0.2, -0.15) is 0 Å². The highest BCUT2D eigenvalue weighted by atomic mass is 32.1. The minimum absolute atomic E-state index is 0.0213. The van der Waals surface area contributed by atoms with Crippen LogP contribution in [0.15, 0.2) is 53.3 Å². The van der Waals surface area contributed by atoms with Crippen molar-refractivity contribution in [2.45, 2.75) is 6.54 Å². The Kier molecular flexibility index (Phi) is 3.45. The second-order valence-corrected chi connectivity index (χ2v) is 5.60. The second-order valence-electron chi connectivity index (χ2n) is 4.57. The van der Waals surface area contributed by atoms with Crippen molar-refractivity contribution in [3.05, 3.63) is 58.9 Å². The van der Waals surface area contributed by atoms with E-state index in [1.165, 1.54) is 15.5 Å². The lowest BCUT2D eigenvalue weighted by molar-refractivity contribution is -0.116. The molecule has 106 valence electrons. The lowest BCUT2D eigenvalue weighted by atomic mass is 10.2. The zero-order valence-electron chi connectivity index (χ0n) is 11.1. The van der Waals surface area contributed by atoms with Gasteiger partial charge in [-0.15, -0.1) is 0 Å². The fraction of sp³-hybridized carbons (Fsp3) is 0.0667. The topological polar surface area (TPSA) is 77.1 Å². The predicted molar refractivity (Wildman–Crippen MR) is 85.6 cm³/mol. The molecule has 0 saturated heterocycles. The number of carbonyl (C=O) groups excluding carboxylic acids is 1. The Morgan fingerprint density at radius 1 is 1.14 bits per heavy atom. The number of benzene rings is 2. The first-order valence-corrected chi connectivity index (χ1v) is 7.16. The van der Waals surface area contributed by atoms with E-state index in [1.54, 1.807) is 30.3 Å². The van der Waals surface area contributed by atoms with Crippen LogP contribution in [0.5, 0.6) is 0 Å². The van der Waals surface area contributed by atoms with E-state index in [1.807, 2.05) is 18.2 Å². The molecule has 1 amide bonds. The number of para-hydroxylation sites is 1. The Balaban J connectivity index is 1.85. The molecule has 0 radical (unpaired) electrons. The van der Waals surface area contributed by atoms with Gasteiger partial charge in [-0.25, -0.2) is 0 Å². The van der Waals surface area contributed by atoms with E-state index in [2.05, 4.69) is 5.32 Å². The summed E-state index contributed by atoms with van der Waals surface area (Å²) in [6.07, 6.45) is 0. The number of hydrogen-bond donors (Lipinski definition) is 2. The normalized spacial score (nSPS) is 10.7. The van der Waals surface area contributed by atoms with Crippen molar-refractivity contribution in [3.63, 3.8) is 0 Å². The molecule has 0 aliphatic heterocycles. The van der Waals surface area contributed by atoms with Crippen molar-refractivity contribution in [1.82, 2.24) is 3.96 Å². The van der Waals surface area contributed by atoms with Gasteiger partial charge < -0.3 is 11.1 Å². The van der Waals surface area contributed by atoms with Crippen molar-refractivity contribution in [3.8, 4) is 0 Å². The van der Waals surface area contributed by atoms with Gasteiger partial charge in [-0.05, 0) is 24.3 Å². The molecule has 0 saturated carbocycles. The van der Waals surface area contributed by atoms with E-state index >= 15 is 0 Å². The lowest BCUT2D eigenvalue weighted by Crippen LogP contribution is -2.23. The summed E-state index contributed by atoms with van der Waals surface area (Å²) in [4.78, 5) is 24.2. The van der Waals surface area contributed by atoms with Crippen molar-refractivity contribution in [2.75, 3.05) is 11.1 Å². The molecule has 0 fully saturated rings. The van der Waals surface area contributed by atoms with Crippen molar-refractivity contribution in [2.24, 2.45) is 0 Å². The van der Waals surface area contributed by atoms with Crippen LogP contribution in [0.25, 0.3) is 10.1 Å². The Morgan fingerprint density at radius 2 is 1.90 bits per heavy atom. The van der Waals surface area contributed by atoms with Gasteiger partial charge in [-0.3, -0.25) is 13.5 Å². The summed E-state index contributed by atoms with van der Waals surface area (Å²) in [5.41, 5.74) is 6.92. The van der Waals surface area contributed by atoms with Crippen LogP contribution in [0.3, 0.4) is 0 Å². The average molecular weight is 299 g/mol. The molecule has 6 heteroatoms. The van der Waals surface area contributed by atoms with Gasteiger partial charge in [-0.1, -0.05) is 35.8 Å². The minimum Gasteiger partial charge on any atom is -0.398 e. The van der Waals surface area contributed by atoms with Crippen LogP contribution in [0, 0.1) is 0 Å². The van der Waals surface area contributed by atoms with Gasteiger partial charge in [0.2, 0.25) is 5.91 Å². The van der Waals surface area contributed by atoms with E-state index in [4.69, 9.17) is 5.73 Å². The van der Waals surface area contributed by atoms with Gasteiger partial charge in [0.15, 0.2) is 0 Å². The summed E-state index contributed by atoms with van der Waals surface area (Å²) in [6.45, 7) is -0.0213. The molecule has 5 nitrogen and oxygen atoms in total. The molecule has 0 atom stereocenters. The molecule has 0 spiro atoms. The van der Waals surface area contributed by atoms with Gasteiger partial charge in [0.05, 0.1) is 15.8 Å². The summed E-state index contributed by atoms with van der Waals surface area (Å²) in [5.74, 6) is -0.242. The highest BCUT2D eigenvalue weighted by molar-refractivity contribution is 7.14. The number of anilines is 2. The second kappa shape index (κ2) is 5.41. The molecular formula is C15H13N3O2S. The van der Waals surface area contributed by atoms with Crippen LogP contribution in [-0.2, 0) is 11.3 Å². The summed E-state index contributed by atoms with van der Waals surface area (Å²) in [5, 5.41) is 3.30. The zero-order chi connectivity index (χ0) is 14.8. The summed E-state index contributed by atoms with van der Waals surface area (Å²) in [6, 6.07) is 14.3. The first kappa shape index (κ1) is 13.4. The molecule has 3 N–H and O–H groups in total. The van der Waals surface area contributed by atoms with Crippen LogP contribution in [-0.4, -0.2) is 9.86 Å². The third kappa shape index (κ3) is 2.66. The molecule has 1 aromatic heterocycles. The minimum atomic E-state index is -0.242. The number of aromatic nitrogens is 1. The Labute approximate surface area is 124 Å². The highest BCUT2D eigenvalue weighted by Gasteiger charge is 2.12. The maximum Gasteiger partial charge on any atom is 0.269 e. The lowest BCUT2D eigenvalue weighted by Gasteiger charge is -2.04. The van der Waals surface area contributed by atoms with Crippen LogP contribution >= 0.6 is 11.5 Å². The van der Waals surface area contributed by atoms with Gasteiger partial charge in [0.1, 0.15) is 6.54 Å². The molecule has 3 rings (SSSR count). The SMILES string of the molecule is Nc1cccc2c(=O)n(CC(=O)Nc3ccccc3)sc12. The fourth-order valence-electron chi connectivity index (χ4n) is 2.07. The van der Waals surface area contributed by atoms with E-state index in [9.17, 15) is 9.59 Å². The molecule has 0 bridgehead atoms. The van der Waals surface area contributed by atoms with Crippen LogP contribution in [0.2, 0.25) is 0 Å². The largest absolute Gasteiger partial charge is 0.398 e. The number of fused-ring (bicyclic) bond motifs is 1. The standard InChI is InChI=1S/C15H13N3O2S/c16-12-8-4-7-11-14(12)21-18(15(11)20)9-13(19)17-10-5-2-1-3-6-10/h1-8H,9,16H2,(H,17,19). The Bertz CT molecular complexity index is 852. The number of amides is 1. The third-order valence-corrected chi connectivity index (χ3v) is 4.20. The zero-order valence-corrected chi connectivity index (χ0v) is 11.9. The average Bonchev–Trinajstić information content (AvgIpc) is 2.79. The van der Waals surface area contributed by atoms with E-state index in [0.717, 1.165) is 4.70 Å². The summed E-state index contributed by atoms with van der Waals surface area (Å²) < 4.78 is 2.13. The molecule has 0 unspecified atom stereocenters. The number of hydrogen-bond acceptors (Lipinski definition) is 4. The maximum atomic E-state index is 12.2. The van der Waals surface area contributed by atoms with Gasteiger partial charge in [0, 0.05) is 5.69 Å². The molecule has 2 aromatic carbocycles. The van der Waals surface area contributed by atoms with E-state index in [-0.39, 0.29) is 18.0 Å². The molecule has 0 aliphatic carbocycles. The van der Waals surface area contributed by atoms with Crippen LogP contribution < -0.4 is 16.6 Å². The molecular weight excluding hydrogens is 286 g/mol. The van der Waals surface area contributed by atoms with Crippen molar-refractivity contribution < 1.29 is 4.79 Å². The van der Waals surface area contributed by atoms with E-state index in [0.29, 0.717) is 16.8 Å². The smallest absolute Gasteiger partial charge is 0.269 e. The number of carbonyl (C=O) groups is 1. The number of rotatable bonds is 3. The van der Waals surface area contributed by atoms with E-state index < -0.39 is 0 Å². The van der Waals surface area contributed by atoms with Gasteiger partial charge in [0.25, 0.3) is 5.56 Å². The quantitative estimate of drug-likeness (QED) is 0.728. The molecule has 21 heavy (non-hydrogen) atoms. The van der Waals surface area contributed by atoms with Crippen molar-refractivity contribution >= 4 is 38.9 Å². The number of nitrogens with zero attached hydrogens (tertiary/aromatic N) is 1. The van der Waals surface area contributed by atoms with Crippen LogP contribution in [0.4, 0.5) is 11.4 Å². The number of nitrogen functional groups attached to an aromatic ring is 1. The van der Waals surface area contributed by atoms with Crippen molar-refractivity contribution in [1.29, 1.82) is 0 Å². The van der Waals surface area contributed by atoms with Crippen LogP contribution in [0.1, 0.15) is 0 Å². The number of nitrogens with one attached hydrogen (secondary N) is 1. The molecule has 0 aliphatic rings. The number of nitrogens with two attached hydrogens (primary N) is 1. The first-order chi connectivity index (χ1) is 10.1. The fourth-order valence-corrected chi connectivity index (χ4v) is 3.08. The predicted octanol–water partition coefficient (Wildman–Crippen LogP) is 2.28. The van der Waals surface area contributed by atoms with Gasteiger partial charge >= 0.3 is 0 Å². The summed E-state index contributed by atoms with van der Waals surface area (Å²) >= 11 is 1.21. The monoisotopic (exact) mass is 299 g/mol. The highest BCUT2D eigenvalue weighted by Crippen LogP contribution is 2.23. The third-order valence-electron chi connectivity index (χ3n) is 3.05. The maximum absolute atomic E-state index is 12.2. The Morgan fingerprint density at radius 3 is 2.62 bits per heavy atom. The molecule has 1 heterocycles. The first-order valence-electron chi connectivity index (χ1n) is 6.38. The Hall–Kier alpha value is -2.60. The summed E-state index contributed by atoms with van der Waals surface area (Å²) in [7, 11) is 0.